The van der Waals surface area contributed by atoms with E-state index in [0.29, 0.717) is 5.69 Å². The lowest BCUT2D eigenvalue weighted by molar-refractivity contribution is 1.29. The van der Waals surface area contributed by atoms with Crippen LogP contribution in [0.1, 0.15) is 5.56 Å². The molecule has 0 fully saturated rings. The SMILES string of the molecule is [C-]#[N+]c1cccc(N(c2ccccc2)c2cc3c4ccccc4c(N(c4ccccc4)c4cccc(C)c4)cc3c3ccccc23)c1. The minimum Gasteiger partial charge on any atom is -0.311 e. The minimum atomic E-state index is 0.612. The molecule has 8 rings (SSSR count). The number of hydrogen-bond acceptors (Lipinski definition) is 2. The van der Waals surface area contributed by atoms with Crippen LogP contribution in [0, 0.1) is 13.5 Å². The van der Waals surface area contributed by atoms with E-state index in [1.54, 1.807) is 0 Å². The van der Waals surface area contributed by atoms with Gasteiger partial charge in [0.15, 0.2) is 5.69 Å². The summed E-state index contributed by atoms with van der Waals surface area (Å²) in [5.74, 6) is 0. The fourth-order valence-corrected chi connectivity index (χ4v) is 6.76. The summed E-state index contributed by atoms with van der Waals surface area (Å²) < 4.78 is 0. The molecule has 0 N–H and O–H groups in total. The first-order valence-electron chi connectivity index (χ1n) is 15.8. The molecular weight excluding hydrogens is 571 g/mol. The van der Waals surface area contributed by atoms with Gasteiger partial charge in [-0.3, -0.25) is 0 Å². The number of hydrogen-bond donors (Lipinski definition) is 0. The third-order valence-electron chi connectivity index (χ3n) is 8.83. The molecule has 0 aliphatic heterocycles. The first-order chi connectivity index (χ1) is 23.2. The molecule has 8 aromatic carbocycles. The molecule has 3 nitrogen and oxygen atoms in total. The third kappa shape index (κ3) is 5.03. The second-order valence-electron chi connectivity index (χ2n) is 11.8. The largest absolute Gasteiger partial charge is 0.311 e. The van der Waals surface area contributed by atoms with Gasteiger partial charge in [0.05, 0.1) is 17.9 Å². The number of benzene rings is 8. The van der Waals surface area contributed by atoms with E-state index >= 15 is 0 Å². The number of aryl methyl sites for hydroxylation is 1. The van der Waals surface area contributed by atoms with Crippen molar-refractivity contribution >= 4 is 72.1 Å². The molecule has 0 aromatic heterocycles. The lowest BCUT2D eigenvalue weighted by atomic mass is 9.93. The Labute approximate surface area is 275 Å². The summed E-state index contributed by atoms with van der Waals surface area (Å²) in [5.41, 5.74) is 8.24. The van der Waals surface area contributed by atoms with Crippen LogP contribution in [0.15, 0.2) is 170 Å². The van der Waals surface area contributed by atoms with Crippen LogP contribution in [0.5, 0.6) is 0 Å². The van der Waals surface area contributed by atoms with E-state index in [9.17, 15) is 0 Å². The minimum absolute atomic E-state index is 0.612. The lowest BCUT2D eigenvalue weighted by Crippen LogP contribution is -2.12. The molecule has 0 saturated heterocycles. The zero-order chi connectivity index (χ0) is 31.7. The Hall–Kier alpha value is -6.37. The van der Waals surface area contributed by atoms with Gasteiger partial charge >= 0.3 is 0 Å². The lowest BCUT2D eigenvalue weighted by Gasteiger charge is -2.30. The molecule has 0 aliphatic carbocycles. The van der Waals surface area contributed by atoms with E-state index in [-0.39, 0.29) is 0 Å². The molecule has 0 spiro atoms. The standard InChI is InChI=1S/C44H31N3/c1-31-15-13-21-35(27-31)46(33-17-5-3-6-18-33)43-29-41-38-24-10-12-26-40(38)44(30-42(41)37-23-9-11-25-39(37)43)47(34-19-7-4-8-20-34)36-22-14-16-32(28-36)45-2/h3-30H,1H3. The van der Waals surface area contributed by atoms with E-state index in [0.717, 1.165) is 39.5 Å². The van der Waals surface area contributed by atoms with Crippen molar-refractivity contribution in [3.05, 3.63) is 187 Å². The van der Waals surface area contributed by atoms with Crippen molar-refractivity contribution in [1.82, 2.24) is 0 Å². The quantitative estimate of drug-likeness (QED) is 0.139. The monoisotopic (exact) mass is 601 g/mol. The molecule has 0 heterocycles. The van der Waals surface area contributed by atoms with E-state index in [1.807, 2.05) is 24.3 Å². The highest BCUT2D eigenvalue weighted by atomic mass is 15.2. The second kappa shape index (κ2) is 11.9. The number of anilines is 6. The molecule has 0 aliphatic rings. The summed E-state index contributed by atoms with van der Waals surface area (Å²) in [7, 11) is 0. The Bertz CT molecular complexity index is 2440. The van der Waals surface area contributed by atoms with E-state index in [4.69, 9.17) is 6.57 Å². The van der Waals surface area contributed by atoms with Gasteiger partial charge in [0, 0.05) is 33.5 Å². The summed E-state index contributed by atoms with van der Waals surface area (Å²) >= 11 is 0. The van der Waals surface area contributed by atoms with Crippen LogP contribution in [0.2, 0.25) is 0 Å². The maximum atomic E-state index is 7.71. The Morgan fingerprint density at radius 3 is 1.30 bits per heavy atom. The van der Waals surface area contributed by atoms with Crippen LogP contribution in [-0.4, -0.2) is 0 Å². The van der Waals surface area contributed by atoms with Crippen LogP contribution < -0.4 is 9.80 Å². The zero-order valence-electron chi connectivity index (χ0n) is 26.0. The van der Waals surface area contributed by atoms with Crippen LogP contribution in [0.25, 0.3) is 37.2 Å². The number of nitrogens with zero attached hydrogens (tertiary/aromatic N) is 3. The van der Waals surface area contributed by atoms with Gasteiger partial charge < -0.3 is 9.80 Å². The number of para-hydroxylation sites is 2. The Balaban J connectivity index is 1.47. The summed E-state index contributed by atoms with van der Waals surface area (Å²) in [6.07, 6.45) is 0. The first kappa shape index (κ1) is 28.1. The Kier molecular flexibility index (Phi) is 7.09. The third-order valence-corrected chi connectivity index (χ3v) is 8.83. The van der Waals surface area contributed by atoms with Gasteiger partial charge in [0.25, 0.3) is 0 Å². The second-order valence-corrected chi connectivity index (χ2v) is 11.8. The van der Waals surface area contributed by atoms with Crippen molar-refractivity contribution in [2.24, 2.45) is 0 Å². The molecule has 47 heavy (non-hydrogen) atoms. The van der Waals surface area contributed by atoms with Crippen molar-refractivity contribution in [2.75, 3.05) is 9.80 Å². The van der Waals surface area contributed by atoms with Gasteiger partial charge in [-0.2, -0.15) is 0 Å². The smallest absolute Gasteiger partial charge is 0.189 e. The summed E-state index contributed by atoms with van der Waals surface area (Å²) in [4.78, 5) is 8.41. The Morgan fingerprint density at radius 1 is 0.383 bits per heavy atom. The molecule has 222 valence electrons. The molecule has 0 bridgehead atoms. The number of rotatable bonds is 6. The van der Waals surface area contributed by atoms with Gasteiger partial charge in [-0.15, -0.1) is 0 Å². The molecule has 3 heteroatoms. The van der Waals surface area contributed by atoms with Gasteiger partial charge in [0.2, 0.25) is 0 Å². The highest BCUT2D eigenvalue weighted by Crippen LogP contribution is 2.47. The average Bonchev–Trinajstić information content (AvgIpc) is 3.13. The fourth-order valence-electron chi connectivity index (χ4n) is 6.76. The van der Waals surface area contributed by atoms with Gasteiger partial charge in [-0.1, -0.05) is 109 Å². The van der Waals surface area contributed by atoms with Crippen LogP contribution in [0.3, 0.4) is 0 Å². The van der Waals surface area contributed by atoms with Crippen molar-refractivity contribution in [1.29, 1.82) is 0 Å². The predicted octanol–water partition coefficient (Wildman–Crippen LogP) is 12.9. The van der Waals surface area contributed by atoms with Crippen LogP contribution in [0.4, 0.5) is 39.8 Å². The highest BCUT2D eigenvalue weighted by molar-refractivity contribution is 6.24. The average molecular weight is 602 g/mol. The number of fused-ring (bicyclic) bond motifs is 5. The molecule has 0 saturated carbocycles. The van der Waals surface area contributed by atoms with Crippen molar-refractivity contribution in [2.45, 2.75) is 6.92 Å². The molecule has 0 unspecified atom stereocenters. The van der Waals surface area contributed by atoms with E-state index in [1.165, 1.54) is 32.5 Å². The first-order valence-corrected chi connectivity index (χ1v) is 15.8. The topological polar surface area (TPSA) is 10.8 Å². The summed E-state index contributed by atoms with van der Waals surface area (Å²) in [6, 6.07) is 59.8. The van der Waals surface area contributed by atoms with Crippen molar-refractivity contribution in [3.63, 3.8) is 0 Å². The maximum absolute atomic E-state index is 7.71. The van der Waals surface area contributed by atoms with Crippen LogP contribution in [-0.2, 0) is 0 Å². The molecule has 0 atom stereocenters. The summed E-state index contributed by atoms with van der Waals surface area (Å²) in [5, 5.41) is 7.04. The normalized spacial score (nSPS) is 11.1. The van der Waals surface area contributed by atoms with E-state index in [2.05, 4.69) is 167 Å². The molecule has 0 amide bonds. The summed E-state index contributed by atoms with van der Waals surface area (Å²) in [6.45, 7) is 9.86. The van der Waals surface area contributed by atoms with Gasteiger partial charge in [-0.05, 0) is 94.7 Å². The highest BCUT2D eigenvalue weighted by Gasteiger charge is 2.22. The van der Waals surface area contributed by atoms with Gasteiger partial charge in [-0.25, -0.2) is 4.85 Å². The fraction of sp³-hybridized carbons (Fsp3) is 0.0227. The van der Waals surface area contributed by atoms with E-state index < -0.39 is 0 Å². The zero-order valence-corrected chi connectivity index (χ0v) is 26.0. The van der Waals surface area contributed by atoms with Crippen molar-refractivity contribution < 1.29 is 0 Å². The molecular formula is C44H31N3. The predicted molar refractivity (Wildman–Crippen MR) is 199 cm³/mol. The van der Waals surface area contributed by atoms with Gasteiger partial charge in [0.1, 0.15) is 0 Å². The Morgan fingerprint density at radius 2 is 0.809 bits per heavy atom. The molecule has 8 aromatic rings. The maximum Gasteiger partial charge on any atom is 0.189 e. The molecule has 0 radical (unpaired) electrons. The van der Waals surface area contributed by atoms with Crippen molar-refractivity contribution in [3.8, 4) is 0 Å². The van der Waals surface area contributed by atoms with Crippen LogP contribution >= 0.6 is 0 Å².